The Morgan fingerprint density at radius 2 is 1.79 bits per heavy atom. The summed E-state index contributed by atoms with van der Waals surface area (Å²) >= 11 is 3.31. The zero-order chi connectivity index (χ0) is 17.3. The Balaban J connectivity index is 2.03. The van der Waals surface area contributed by atoms with Gasteiger partial charge in [0.05, 0.1) is 5.69 Å². The van der Waals surface area contributed by atoms with Gasteiger partial charge in [-0.2, -0.15) is 0 Å². The average molecular weight is 385 g/mol. The van der Waals surface area contributed by atoms with Crippen LogP contribution in [0.4, 0.5) is 10.5 Å². The van der Waals surface area contributed by atoms with Crippen LogP contribution in [-0.4, -0.2) is 17.8 Å². The molecule has 3 rings (SSSR count). The molecule has 0 aliphatic carbocycles. The van der Waals surface area contributed by atoms with E-state index in [1.165, 1.54) is 6.08 Å². The molecule has 1 N–H and O–H groups in total. The van der Waals surface area contributed by atoms with Crippen molar-refractivity contribution in [1.82, 2.24) is 5.32 Å². The van der Waals surface area contributed by atoms with Crippen molar-refractivity contribution in [3.05, 3.63) is 69.7 Å². The first-order valence-electron chi connectivity index (χ1n) is 7.19. The molecule has 1 fully saturated rings. The van der Waals surface area contributed by atoms with Crippen molar-refractivity contribution in [2.45, 2.75) is 6.92 Å². The number of imide groups is 2. The zero-order valence-electron chi connectivity index (χ0n) is 12.7. The van der Waals surface area contributed by atoms with E-state index in [0.29, 0.717) is 5.69 Å². The third kappa shape index (κ3) is 3.14. The third-order valence-electron chi connectivity index (χ3n) is 3.52. The molecule has 1 heterocycles. The van der Waals surface area contributed by atoms with Crippen LogP contribution in [0.25, 0.3) is 6.08 Å². The number of halogens is 1. The van der Waals surface area contributed by atoms with Crippen LogP contribution in [0.3, 0.4) is 0 Å². The highest BCUT2D eigenvalue weighted by atomic mass is 79.9. The second-order valence-corrected chi connectivity index (χ2v) is 6.27. The molecule has 0 bridgehead atoms. The Bertz CT molecular complexity index is 889. The van der Waals surface area contributed by atoms with Crippen LogP contribution in [0.1, 0.15) is 11.1 Å². The molecule has 1 saturated heterocycles. The number of aryl methyl sites for hydroxylation is 1. The number of hydrogen-bond acceptors (Lipinski definition) is 3. The van der Waals surface area contributed by atoms with Gasteiger partial charge in [-0.25, -0.2) is 9.69 Å². The van der Waals surface area contributed by atoms with E-state index in [4.69, 9.17) is 0 Å². The number of carbonyl (C=O) groups excluding carboxylic acids is 3. The van der Waals surface area contributed by atoms with Crippen LogP contribution >= 0.6 is 15.9 Å². The van der Waals surface area contributed by atoms with E-state index in [2.05, 4.69) is 21.2 Å². The Labute approximate surface area is 147 Å². The van der Waals surface area contributed by atoms with Crippen LogP contribution in [0, 0.1) is 6.92 Å². The number of rotatable bonds is 2. The van der Waals surface area contributed by atoms with Crippen molar-refractivity contribution in [2.24, 2.45) is 0 Å². The molecule has 24 heavy (non-hydrogen) atoms. The van der Waals surface area contributed by atoms with Gasteiger partial charge in [-0.05, 0) is 36.8 Å². The molecule has 0 radical (unpaired) electrons. The largest absolute Gasteiger partial charge is 0.335 e. The lowest BCUT2D eigenvalue weighted by Crippen LogP contribution is -2.54. The third-order valence-corrected chi connectivity index (χ3v) is 4.01. The van der Waals surface area contributed by atoms with Crippen LogP contribution in [0.5, 0.6) is 0 Å². The van der Waals surface area contributed by atoms with E-state index >= 15 is 0 Å². The SMILES string of the molecule is Cc1cccc(/C=C2\C(=O)NC(=O)N(c3cccc(Br)c3)C2=O)c1. The van der Waals surface area contributed by atoms with Gasteiger partial charge in [0.1, 0.15) is 5.57 Å². The van der Waals surface area contributed by atoms with Crippen LogP contribution in [-0.2, 0) is 9.59 Å². The highest BCUT2D eigenvalue weighted by Gasteiger charge is 2.36. The summed E-state index contributed by atoms with van der Waals surface area (Å²) in [7, 11) is 0. The minimum Gasteiger partial charge on any atom is -0.273 e. The molecule has 0 atom stereocenters. The lowest BCUT2D eigenvalue weighted by atomic mass is 10.1. The number of carbonyl (C=O) groups is 3. The number of barbiturate groups is 1. The lowest BCUT2D eigenvalue weighted by Gasteiger charge is -2.26. The number of nitrogens with one attached hydrogen (secondary N) is 1. The smallest absolute Gasteiger partial charge is 0.273 e. The molecule has 2 aromatic rings. The van der Waals surface area contributed by atoms with Gasteiger partial charge in [0.25, 0.3) is 11.8 Å². The Hall–Kier alpha value is -2.73. The molecular weight excluding hydrogens is 372 g/mol. The summed E-state index contributed by atoms with van der Waals surface area (Å²) in [6, 6.07) is 13.4. The van der Waals surface area contributed by atoms with Gasteiger partial charge in [-0.15, -0.1) is 0 Å². The molecule has 0 unspecified atom stereocenters. The molecule has 1 aliphatic rings. The van der Waals surface area contributed by atoms with Crippen LogP contribution in [0.15, 0.2) is 58.6 Å². The van der Waals surface area contributed by atoms with Gasteiger partial charge in [0.15, 0.2) is 0 Å². The van der Waals surface area contributed by atoms with Crippen molar-refractivity contribution in [3.8, 4) is 0 Å². The van der Waals surface area contributed by atoms with E-state index in [-0.39, 0.29) is 5.57 Å². The quantitative estimate of drug-likeness (QED) is 0.637. The number of nitrogens with zero attached hydrogens (tertiary/aromatic N) is 1. The van der Waals surface area contributed by atoms with Crippen LogP contribution in [0.2, 0.25) is 0 Å². The summed E-state index contributed by atoms with van der Waals surface area (Å²) in [5.74, 6) is -1.35. The Kier molecular flexibility index (Phi) is 4.31. The first kappa shape index (κ1) is 16.1. The number of amides is 4. The standard InChI is InChI=1S/C18H13BrN2O3/c1-11-4-2-5-12(8-11)9-15-16(22)20-18(24)21(17(15)23)14-7-3-6-13(19)10-14/h2-10H,1H3,(H,20,22,24)/b15-9+. The molecular formula is C18H13BrN2O3. The summed E-state index contributed by atoms with van der Waals surface area (Å²) in [4.78, 5) is 37.9. The fourth-order valence-electron chi connectivity index (χ4n) is 2.43. The zero-order valence-corrected chi connectivity index (χ0v) is 14.3. The van der Waals surface area contributed by atoms with Crippen molar-refractivity contribution in [1.29, 1.82) is 0 Å². The first-order chi connectivity index (χ1) is 11.5. The normalized spacial score (nSPS) is 16.5. The number of hydrogen-bond donors (Lipinski definition) is 1. The average Bonchev–Trinajstić information content (AvgIpc) is 2.51. The van der Waals surface area contributed by atoms with E-state index in [1.807, 2.05) is 25.1 Å². The van der Waals surface area contributed by atoms with Gasteiger partial charge < -0.3 is 0 Å². The summed E-state index contributed by atoms with van der Waals surface area (Å²) in [5, 5.41) is 2.21. The fourth-order valence-corrected chi connectivity index (χ4v) is 2.82. The second kappa shape index (κ2) is 6.41. The Morgan fingerprint density at radius 1 is 1.04 bits per heavy atom. The van der Waals surface area contributed by atoms with E-state index in [9.17, 15) is 14.4 Å². The molecule has 120 valence electrons. The van der Waals surface area contributed by atoms with Gasteiger partial charge in [0.2, 0.25) is 0 Å². The van der Waals surface area contributed by atoms with Crippen molar-refractivity contribution in [3.63, 3.8) is 0 Å². The molecule has 1 aliphatic heterocycles. The summed E-state index contributed by atoms with van der Waals surface area (Å²) in [6.07, 6.45) is 1.49. The first-order valence-corrected chi connectivity index (χ1v) is 7.99. The number of urea groups is 1. The van der Waals surface area contributed by atoms with E-state index in [0.717, 1.165) is 20.5 Å². The van der Waals surface area contributed by atoms with E-state index in [1.54, 1.807) is 30.3 Å². The van der Waals surface area contributed by atoms with Gasteiger partial charge in [-0.3, -0.25) is 14.9 Å². The number of benzene rings is 2. The lowest BCUT2D eigenvalue weighted by molar-refractivity contribution is -0.122. The second-order valence-electron chi connectivity index (χ2n) is 5.35. The topological polar surface area (TPSA) is 66.5 Å². The Morgan fingerprint density at radius 3 is 2.50 bits per heavy atom. The van der Waals surface area contributed by atoms with Crippen molar-refractivity contribution < 1.29 is 14.4 Å². The van der Waals surface area contributed by atoms with Gasteiger partial charge in [-0.1, -0.05) is 51.8 Å². The highest BCUT2D eigenvalue weighted by molar-refractivity contribution is 9.10. The minimum absolute atomic E-state index is 0.0832. The molecule has 4 amide bonds. The van der Waals surface area contributed by atoms with Crippen molar-refractivity contribution in [2.75, 3.05) is 4.90 Å². The van der Waals surface area contributed by atoms with Gasteiger partial charge >= 0.3 is 6.03 Å². The van der Waals surface area contributed by atoms with Crippen molar-refractivity contribution >= 4 is 45.5 Å². The summed E-state index contributed by atoms with van der Waals surface area (Å²) < 4.78 is 0.724. The van der Waals surface area contributed by atoms with E-state index < -0.39 is 17.8 Å². The molecule has 2 aromatic carbocycles. The molecule has 0 spiro atoms. The summed E-state index contributed by atoms with van der Waals surface area (Å²) in [6.45, 7) is 1.92. The van der Waals surface area contributed by atoms with Crippen LogP contribution < -0.4 is 10.2 Å². The molecule has 6 heteroatoms. The monoisotopic (exact) mass is 384 g/mol. The minimum atomic E-state index is -0.760. The maximum absolute atomic E-state index is 12.7. The predicted molar refractivity (Wildman–Crippen MR) is 94.3 cm³/mol. The summed E-state index contributed by atoms with van der Waals surface area (Å²) in [5.41, 5.74) is 2.03. The molecule has 0 aromatic heterocycles. The predicted octanol–water partition coefficient (Wildman–Crippen LogP) is 3.42. The highest BCUT2D eigenvalue weighted by Crippen LogP contribution is 2.24. The molecule has 0 saturated carbocycles. The maximum Gasteiger partial charge on any atom is 0.335 e. The maximum atomic E-state index is 12.7. The number of anilines is 1. The fraction of sp³-hybridized carbons (Fsp3) is 0.0556. The molecule has 5 nitrogen and oxygen atoms in total. The van der Waals surface area contributed by atoms with Gasteiger partial charge in [0, 0.05) is 4.47 Å².